The largest absolute Gasteiger partial charge is 0.325 e. The van der Waals surface area contributed by atoms with Gasteiger partial charge in [-0.15, -0.1) is 16.8 Å². The Labute approximate surface area is 190 Å². The number of aromatic nitrogens is 3. The van der Waals surface area contributed by atoms with E-state index in [9.17, 15) is 13.2 Å². The van der Waals surface area contributed by atoms with Gasteiger partial charge in [0, 0.05) is 17.3 Å². The lowest BCUT2D eigenvalue weighted by atomic mass is 10.2. The zero-order valence-corrected chi connectivity index (χ0v) is 19.2. The van der Waals surface area contributed by atoms with Crippen molar-refractivity contribution >= 4 is 44.8 Å². The lowest BCUT2D eigenvalue weighted by Gasteiger charge is -2.09. The van der Waals surface area contributed by atoms with Crippen molar-refractivity contribution in [2.24, 2.45) is 0 Å². The topological polar surface area (TPSA) is 93.9 Å². The van der Waals surface area contributed by atoms with E-state index in [0.717, 1.165) is 5.56 Å². The average molecular weight is 477 g/mol. The van der Waals surface area contributed by atoms with Gasteiger partial charge in [0.2, 0.25) is 5.91 Å². The molecule has 1 heterocycles. The fraction of sp³-hybridized carbons (Fsp3) is 0.190. The molecule has 31 heavy (non-hydrogen) atoms. The highest BCUT2D eigenvalue weighted by atomic mass is 35.5. The Hall–Kier alpha value is -2.62. The van der Waals surface area contributed by atoms with Gasteiger partial charge in [-0.3, -0.25) is 4.79 Å². The number of halogens is 1. The Morgan fingerprint density at radius 1 is 1.23 bits per heavy atom. The molecule has 1 aromatic heterocycles. The monoisotopic (exact) mass is 476 g/mol. The fourth-order valence-electron chi connectivity index (χ4n) is 2.72. The summed E-state index contributed by atoms with van der Waals surface area (Å²) in [5, 5.41) is 11.9. The van der Waals surface area contributed by atoms with Gasteiger partial charge >= 0.3 is 0 Å². The minimum absolute atomic E-state index is 0.0756. The number of carbonyl (C=O) groups excluding carboxylic acids is 1. The van der Waals surface area contributed by atoms with E-state index in [-0.39, 0.29) is 28.1 Å². The smallest absolute Gasteiger partial charge is 0.234 e. The van der Waals surface area contributed by atoms with Crippen LogP contribution in [0.3, 0.4) is 0 Å². The second-order valence-corrected chi connectivity index (χ2v) is 10.0. The van der Waals surface area contributed by atoms with E-state index in [0.29, 0.717) is 22.4 Å². The zero-order valence-electron chi connectivity index (χ0n) is 16.8. The third kappa shape index (κ3) is 5.96. The van der Waals surface area contributed by atoms with E-state index in [1.165, 1.54) is 11.8 Å². The quantitative estimate of drug-likeness (QED) is 0.368. The van der Waals surface area contributed by atoms with Gasteiger partial charge in [-0.25, -0.2) is 8.42 Å². The van der Waals surface area contributed by atoms with E-state index in [1.54, 1.807) is 53.1 Å². The van der Waals surface area contributed by atoms with Crippen molar-refractivity contribution in [2.45, 2.75) is 29.3 Å². The number of carbonyl (C=O) groups is 1. The van der Waals surface area contributed by atoms with E-state index < -0.39 is 9.84 Å². The van der Waals surface area contributed by atoms with Crippen molar-refractivity contribution in [2.75, 3.05) is 11.1 Å². The van der Waals surface area contributed by atoms with Crippen LogP contribution in [0.2, 0.25) is 5.02 Å². The van der Waals surface area contributed by atoms with Crippen molar-refractivity contribution in [1.82, 2.24) is 14.8 Å². The minimum Gasteiger partial charge on any atom is -0.325 e. The summed E-state index contributed by atoms with van der Waals surface area (Å²) >= 11 is 7.26. The summed E-state index contributed by atoms with van der Waals surface area (Å²) in [4.78, 5) is 12.5. The number of hydrogen-bond donors (Lipinski definition) is 1. The highest BCUT2D eigenvalue weighted by Crippen LogP contribution is 2.23. The number of sulfone groups is 1. The molecule has 0 fully saturated rings. The number of anilines is 1. The number of nitrogens with one attached hydrogen (secondary N) is 1. The molecule has 3 rings (SSSR count). The van der Waals surface area contributed by atoms with Gasteiger partial charge < -0.3 is 9.88 Å². The van der Waals surface area contributed by atoms with Crippen molar-refractivity contribution in [1.29, 1.82) is 0 Å². The van der Waals surface area contributed by atoms with E-state index in [1.807, 2.05) is 13.0 Å². The Morgan fingerprint density at radius 3 is 2.65 bits per heavy atom. The first-order chi connectivity index (χ1) is 14.8. The molecule has 0 saturated heterocycles. The SMILES string of the molecule is C=CCn1c(CS(=O)(=O)c2ccccc2)nnc1SCC(=O)Nc1ccc(C)c(Cl)c1. The highest BCUT2D eigenvalue weighted by molar-refractivity contribution is 7.99. The number of hydrogen-bond acceptors (Lipinski definition) is 6. The van der Waals surface area contributed by atoms with E-state index in [2.05, 4.69) is 22.1 Å². The third-order valence-electron chi connectivity index (χ3n) is 4.31. The van der Waals surface area contributed by atoms with Crippen molar-refractivity contribution in [3.05, 3.63) is 77.6 Å². The van der Waals surface area contributed by atoms with Gasteiger partial charge in [-0.2, -0.15) is 0 Å². The lowest BCUT2D eigenvalue weighted by molar-refractivity contribution is -0.113. The number of nitrogens with zero attached hydrogens (tertiary/aromatic N) is 3. The normalized spacial score (nSPS) is 11.3. The summed E-state index contributed by atoms with van der Waals surface area (Å²) in [6.45, 7) is 5.92. The third-order valence-corrected chi connectivity index (χ3v) is 7.32. The maximum Gasteiger partial charge on any atom is 0.234 e. The van der Waals surface area contributed by atoms with Crippen LogP contribution >= 0.6 is 23.4 Å². The van der Waals surface area contributed by atoms with Gasteiger partial charge in [0.25, 0.3) is 0 Å². The maximum atomic E-state index is 12.7. The van der Waals surface area contributed by atoms with Gasteiger partial charge in [0.05, 0.1) is 10.6 Å². The van der Waals surface area contributed by atoms with Crippen LogP contribution in [0.25, 0.3) is 0 Å². The molecule has 0 atom stereocenters. The Kier molecular flexibility index (Phi) is 7.53. The van der Waals surface area contributed by atoms with Crippen LogP contribution in [0.5, 0.6) is 0 Å². The van der Waals surface area contributed by atoms with Crippen LogP contribution in [0.4, 0.5) is 5.69 Å². The van der Waals surface area contributed by atoms with Crippen molar-refractivity contribution < 1.29 is 13.2 Å². The second-order valence-electron chi connectivity index (χ2n) is 6.67. The van der Waals surface area contributed by atoms with E-state index in [4.69, 9.17) is 11.6 Å². The van der Waals surface area contributed by atoms with E-state index >= 15 is 0 Å². The summed E-state index contributed by atoms with van der Waals surface area (Å²) in [6, 6.07) is 13.5. The van der Waals surface area contributed by atoms with Crippen LogP contribution in [0.1, 0.15) is 11.4 Å². The summed E-state index contributed by atoms with van der Waals surface area (Å²) < 4.78 is 27.0. The summed E-state index contributed by atoms with van der Waals surface area (Å²) in [6.07, 6.45) is 1.63. The van der Waals surface area contributed by atoms with Gasteiger partial charge in [-0.1, -0.05) is 53.7 Å². The first kappa shape index (κ1) is 23.1. The Morgan fingerprint density at radius 2 is 1.97 bits per heavy atom. The molecule has 0 unspecified atom stereocenters. The van der Waals surface area contributed by atoms with Crippen LogP contribution in [-0.4, -0.2) is 34.8 Å². The second kappa shape index (κ2) is 10.1. The molecule has 1 amide bonds. The van der Waals surface area contributed by atoms with Crippen LogP contribution in [0, 0.1) is 6.92 Å². The molecule has 2 aromatic carbocycles. The summed E-state index contributed by atoms with van der Waals surface area (Å²) in [5.74, 6) is -0.174. The van der Waals surface area contributed by atoms with Crippen LogP contribution in [-0.2, 0) is 26.9 Å². The molecule has 0 saturated carbocycles. The number of benzene rings is 2. The van der Waals surface area contributed by atoms with Gasteiger partial charge in [0.1, 0.15) is 11.6 Å². The number of aryl methyl sites for hydroxylation is 1. The predicted octanol–water partition coefficient (Wildman–Crippen LogP) is 4.13. The molecular formula is C21H21ClN4O3S2. The lowest BCUT2D eigenvalue weighted by Crippen LogP contribution is -2.15. The molecule has 0 bridgehead atoms. The van der Waals surface area contributed by atoms with Crippen LogP contribution in [0.15, 0.2) is 71.2 Å². The molecule has 7 nitrogen and oxygen atoms in total. The molecule has 1 N–H and O–H groups in total. The number of amides is 1. The van der Waals surface area contributed by atoms with Crippen molar-refractivity contribution in [3.8, 4) is 0 Å². The number of rotatable bonds is 9. The zero-order chi connectivity index (χ0) is 22.4. The molecule has 0 aliphatic rings. The molecule has 0 aliphatic carbocycles. The molecule has 0 radical (unpaired) electrons. The highest BCUT2D eigenvalue weighted by Gasteiger charge is 2.21. The maximum absolute atomic E-state index is 12.7. The molecule has 0 spiro atoms. The van der Waals surface area contributed by atoms with Gasteiger partial charge in [0.15, 0.2) is 15.0 Å². The first-order valence-electron chi connectivity index (χ1n) is 9.30. The molecule has 10 heteroatoms. The fourth-order valence-corrected chi connectivity index (χ4v) is 4.96. The molecule has 162 valence electrons. The summed E-state index contributed by atoms with van der Waals surface area (Å²) in [5.41, 5.74) is 1.52. The van der Waals surface area contributed by atoms with Crippen molar-refractivity contribution in [3.63, 3.8) is 0 Å². The first-order valence-corrected chi connectivity index (χ1v) is 12.3. The standard InChI is InChI=1S/C21H21ClN4O3S2/c1-3-11-26-19(14-31(28,29)17-7-5-4-6-8-17)24-25-21(26)30-13-20(27)23-16-10-9-15(2)18(22)12-16/h3-10,12H,1,11,13-14H2,2H3,(H,23,27). The average Bonchev–Trinajstić information content (AvgIpc) is 3.11. The Bertz CT molecular complexity index is 1190. The minimum atomic E-state index is -3.58. The molecule has 0 aliphatic heterocycles. The summed E-state index contributed by atoms with van der Waals surface area (Å²) in [7, 11) is -3.58. The Balaban J connectivity index is 1.70. The predicted molar refractivity (Wildman–Crippen MR) is 123 cm³/mol. The number of thioether (sulfide) groups is 1. The molecule has 3 aromatic rings. The van der Waals surface area contributed by atoms with Crippen LogP contribution < -0.4 is 5.32 Å². The number of allylic oxidation sites excluding steroid dienone is 1. The van der Waals surface area contributed by atoms with Gasteiger partial charge in [-0.05, 0) is 36.8 Å². The molecular weight excluding hydrogens is 456 g/mol.